The lowest BCUT2D eigenvalue weighted by Gasteiger charge is -2.32. The van der Waals surface area contributed by atoms with Crippen molar-refractivity contribution in [3.8, 4) is 5.75 Å². The number of hydrogen-bond acceptors (Lipinski definition) is 8. The highest BCUT2D eigenvalue weighted by atomic mass is 19.1. The van der Waals surface area contributed by atoms with Crippen LogP contribution in [0.25, 0.3) is 0 Å². The molecule has 4 rings (SSSR count). The summed E-state index contributed by atoms with van der Waals surface area (Å²) in [6.07, 6.45) is 5.93. The first-order valence-electron chi connectivity index (χ1n) is 12.9. The first kappa shape index (κ1) is 27.4. The van der Waals surface area contributed by atoms with E-state index in [1.807, 2.05) is 33.8 Å². The molecule has 11 heteroatoms. The number of nitrogens with zero attached hydrogens (tertiary/aromatic N) is 4. The molecule has 38 heavy (non-hydrogen) atoms. The standard InChI is InChI=1S/C27H37FN6O4/c1-6-16-12-22(35)19(28)13-20(16)32-25(29)18-15-31-34-21(9-10-23(34)37-5)24(18)30-14-17-8-7-11-33(17)26(36)38-27(2,3)4/h9,12-13,15,17,23,30,35H,6-8,10-11,14H2,1-5H3,(H2,29,32)/t17-,23?/m1/s1. The molecule has 1 fully saturated rings. The van der Waals surface area contributed by atoms with E-state index in [4.69, 9.17) is 15.2 Å². The van der Waals surface area contributed by atoms with Gasteiger partial charge in [0, 0.05) is 32.7 Å². The molecule has 10 nitrogen and oxygen atoms in total. The summed E-state index contributed by atoms with van der Waals surface area (Å²) in [4.78, 5) is 19.1. The lowest BCUT2D eigenvalue weighted by molar-refractivity contribution is 0.00398. The first-order chi connectivity index (χ1) is 18.0. The van der Waals surface area contributed by atoms with E-state index in [9.17, 15) is 14.3 Å². The van der Waals surface area contributed by atoms with E-state index < -0.39 is 17.2 Å². The van der Waals surface area contributed by atoms with Crippen molar-refractivity contribution in [2.24, 2.45) is 15.8 Å². The third-order valence-electron chi connectivity index (χ3n) is 6.71. The Bertz CT molecular complexity index is 1200. The molecule has 3 aliphatic rings. The monoisotopic (exact) mass is 528 g/mol. The number of nitrogens with two attached hydrogens (primary N) is 1. The number of hydrogen-bond donors (Lipinski definition) is 3. The number of hydrazone groups is 1. The fourth-order valence-corrected chi connectivity index (χ4v) is 4.81. The number of methoxy groups -OCH3 is 1. The summed E-state index contributed by atoms with van der Waals surface area (Å²) in [6, 6.07) is 2.47. The summed E-state index contributed by atoms with van der Waals surface area (Å²) in [6.45, 7) is 8.55. The van der Waals surface area contributed by atoms with E-state index in [2.05, 4.69) is 15.4 Å². The maximum absolute atomic E-state index is 14.1. The van der Waals surface area contributed by atoms with E-state index in [-0.39, 0.29) is 24.2 Å². The number of amidine groups is 1. The van der Waals surface area contributed by atoms with Crippen molar-refractivity contribution < 1.29 is 23.8 Å². The molecule has 1 saturated heterocycles. The zero-order valence-corrected chi connectivity index (χ0v) is 22.6. The minimum absolute atomic E-state index is 0.0674. The van der Waals surface area contributed by atoms with E-state index in [1.54, 1.807) is 23.2 Å². The number of likely N-dealkylation sites (tertiary alicyclic amines) is 1. The van der Waals surface area contributed by atoms with Gasteiger partial charge in [0.1, 0.15) is 11.4 Å². The molecule has 1 unspecified atom stereocenters. The number of fused-ring (bicyclic) bond motifs is 1. The van der Waals surface area contributed by atoms with Gasteiger partial charge in [-0.25, -0.2) is 19.2 Å². The Balaban J connectivity index is 1.65. The predicted molar refractivity (Wildman–Crippen MR) is 144 cm³/mol. The van der Waals surface area contributed by atoms with Crippen LogP contribution in [-0.2, 0) is 15.9 Å². The van der Waals surface area contributed by atoms with Crippen LogP contribution in [0.2, 0.25) is 0 Å². The minimum atomic E-state index is -0.769. The molecule has 0 aliphatic carbocycles. The Morgan fingerprint density at radius 1 is 1.37 bits per heavy atom. The number of aliphatic imine (C=N–C) groups is 1. The van der Waals surface area contributed by atoms with Crippen LogP contribution in [0.4, 0.5) is 14.9 Å². The number of aryl methyl sites for hydroxylation is 1. The number of phenols is 1. The SMILES string of the molecule is CCc1cc(O)c(F)cc1/N=C(\N)C1=C(NC[C@H]2CCCN2C(=O)OC(C)(C)C)C2=CCC(OC)N2N=C1. The number of rotatable bonds is 7. The van der Waals surface area contributed by atoms with Crippen molar-refractivity contribution in [2.75, 3.05) is 20.2 Å². The molecule has 1 aromatic carbocycles. The highest BCUT2D eigenvalue weighted by molar-refractivity contribution is 6.16. The van der Waals surface area contributed by atoms with Gasteiger partial charge in [-0.3, -0.25) is 0 Å². The second-order valence-electron chi connectivity index (χ2n) is 10.5. The number of aromatic hydroxyl groups is 1. The van der Waals surface area contributed by atoms with Crippen molar-refractivity contribution in [3.63, 3.8) is 0 Å². The number of ether oxygens (including phenoxy) is 2. The van der Waals surface area contributed by atoms with Crippen LogP contribution in [0.3, 0.4) is 0 Å². The van der Waals surface area contributed by atoms with Crippen LogP contribution in [-0.4, -0.2) is 71.2 Å². The number of amides is 1. The second-order valence-corrected chi connectivity index (χ2v) is 10.5. The average molecular weight is 529 g/mol. The van der Waals surface area contributed by atoms with Gasteiger partial charge >= 0.3 is 6.09 Å². The molecule has 0 spiro atoms. The average Bonchev–Trinajstić information content (AvgIpc) is 3.50. The molecule has 1 aromatic rings. The van der Waals surface area contributed by atoms with Gasteiger partial charge in [-0.05, 0) is 51.7 Å². The van der Waals surface area contributed by atoms with Crippen LogP contribution >= 0.6 is 0 Å². The summed E-state index contributed by atoms with van der Waals surface area (Å²) in [5.74, 6) is -1.05. The Kier molecular flexibility index (Phi) is 7.96. The summed E-state index contributed by atoms with van der Waals surface area (Å²) < 4.78 is 25.3. The van der Waals surface area contributed by atoms with Crippen molar-refractivity contribution in [1.82, 2.24) is 15.2 Å². The van der Waals surface area contributed by atoms with Crippen LogP contribution in [0.1, 0.15) is 52.5 Å². The van der Waals surface area contributed by atoms with Gasteiger partial charge < -0.3 is 30.5 Å². The van der Waals surface area contributed by atoms with Crippen molar-refractivity contribution >= 4 is 23.8 Å². The maximum Gasteiger partial charge on any atom is 0.410 e. The highest BCUT2D eigenvalue weighted by Gasteiger charge is 2.35. The van der Waals surface area contributed by atoms with E-state index >= 15 is 0 Å². The topological polar surface area (TPSA) is 125 Å². The largest absolute Gasteiger partial charge is 0.505 e. The van der Waals surface area contributed by atoms with E-state index in [0.717, 1.165) is 18.5 Å². The van der Waals surface area contributed by atoms with Crippen LogP contribution in [0, 0.1) is 5.82 Å². The molecule has 4 N–H and O–H groups in total. The van der Waals surface area contributed by atoms with Crippen LogP contribution < -0.4 is 11.1 Å². The zero-order valence-electron chi connectivity index (χ0n) is 22.6. The van der Waals surface area contributed by atoms with E-state index in [1.165, 1.54) is 12.1 Å². The molecular weight excluding hydrogens is 491 g/mol. The Hall–Kier alpha value is -3.60. The smallest absolute Gasteiger partial charge is 0.410 e. The number of phenolic OH excluding ortho intramolecular Hbond substituents is 1. The number of benzene rings is 1. The van der Waals surface area contributed by atoms with Gasteiger partial charge in [0.15, 0.2) is 17.8 Å². The summed E-state index contributed by atoms with van der Waals surface area (Å²) in [5, 5.41) is 19.6. The third-order valence-corrected chi connectivity index (χ3v) is 6.71. The second kappa shape index (κ2) is 11.0. The highest BCUT2D eigenvalue weighted by Crippen LogP contribution is 2.33. The molecule has 0 saturated carbocycles. The number of nitrogens with one attached hydrogen (secondary N) is 1. The molecule has 2 atom stereocenters. The molecule has 1 amide bonds. The summed E-state index contributed by atoms with van der Waals surface area (Å²) in [5.41, 5.74) is 8.94. The summed E-state index contributed by atoms with van der Waals surface area (Å²) in [7, 11) is 1.63. The molecule has 206 valence electrons. The van der Waals surface area contributed by atoms with Crippen molar-refractivity contribution in [3.05, 3.63) is 46.6 Å². The quantitative estimate of drug-likeness (QED) is 0.362. The lowest BCUT2D eigenvalue weighted by atomic mass is 10.1. The molecule has 0 radical (unpaired) electrons. The molecule has 0 bridgehead atoms. The van der Waals surface area contributed by atoms with Crippen molar-refractivity contribution in [2.45, 2.75) is 71.2 Å². The number of carbonyl (C=O) groups is 1. The van der Waals surface area contributed by atoms with Crippen LogP contribution in [0.15, 0.2) is 45.3 Å². The minimum Gasteiger partial charge on any atom is -0.505 e. The van der Waals surface area contributed by atoms with E-state index in [0.29, 0.717) is 48.5 Å². The molecular formula is C27H37FN6O4. The number of carbonyl (C=O) groups excluding carboxylic acids is 1. The lowest BCUT2D eigenvalue weighted by Crippen LogP contribution is -2.45. The Morgan fingerprint density at radius 3 is 2.82 bits per heavy atom. The number of halogens is 1. The fourth-order valence-electron chi connectivity index (χ4n) is 4.81. The van der Waals surface area contributed by atoms with Gasteiger partial charge in [0.2, 0.25) is 0 Å². The fraction of sp³-hybridized carbons (Fsp3) is 0.519. The molecule has 3 aliphatic heterocycles. The Morgan fingerprint density at radius 2 is 2.13 bits per heavy atom. The van der Waals surface area contributed by atoms with Gasteiger partial charge in [0.25, 0.3) is 0 Å². The van der Waals surface area contributed by atoms with Crippen LogP contribution in [0.5, 0.6) is 5.75 Å². The van der Waals surface area contributed by atoms with Gasteiger partial charge in [-0.2, -0.15) is 5.10 Å². The molecule has 3 heterocycles. The van der Waals surface area contributed by atoms with Gasteiger partial charge in [-0.15, -0.1) is 0 Å². The Labute approximate surface area is 222 Å². The predicted octanol–water partition coefficient (Wildman–Crippen LogP) is 3.89. The first-order valence-corrected chi connectivity index (χ1v) is 12.9. The maximum atomic E-state index is 14.1. The third kappa shape index (κ3) is 5.77. The zero-order chi connectivity index (χ0) is 27.6. The molecule has 0 aromatic heterocycles. The van der Waals surface area contributed by atoms with Crippen molar-refractivity contribution in [1.29, 1.82) is 0 Å². The van der Waals surface area contributed by atoms with Gasteiger partial charge in [0.05, 0.1) is 34.9 Å². The summed E-state index contributed by atoms with van der Waals surface area (Å²) >= 11 is 0. The normalized spacial score (nSPS) is 21.6. The van der Waals surface area contributed by atoms with Gasteiger partial charge in [-0.1, -0.05) is 13.0 Å².